The fraction of sp³-hybridized carbons (Fsp3) is 0.174. The molecule has 0 unspecified atom stereocenters. The second-order valence-corrected chi connectivity index (χ2v) is 7.73. The van der Waals surface area contributed by atoms with Crippen LogP contribution < -0.4 is 20.6 Å². The lowest BCUT2D eigenvalue weighted by atomic mass is 10.00. The van der Waals surface area contributed by atoms with E-state index in [1.807, 2.05) is 48.1 Å². The maximum atomic E-state index is 13.3. The number of imidazole rings is 1. The minimum absolute atomic E-state index is 0.0425. The molecule has 4 aromatic heterocycles. The van der Waals surface area contributed by atoms with Gasteiger partial charge in [0.05, 0.1) is 25.0 Å². The molecule has 0 aliphatic heterocycles. The Hall–Kier alpha value is -4.51. The first-order chi connectivity index (χ1) is 16.5. The molecule has 0 atom stereocenters. The number of nitrogens with two attached hydrogens (primary N) is 1. The molecule has 4 N–H and O–H groups in total. The molecule has 0 spiro atoms. The third-order valence-electron chi connectivity index (χ3n) is 5.60. The van der Waals surface area contributed by atoms with E-state index < -0.39 is 0 Å². The van der Waals surface area contributed by atoms with Gasteiger partial charge in [-0.25, -0.2) is 19.9 Å². The highest BCUT2D eigenvalue weighted by atomic mass is 16.5. The largest absolute Gasteiger partial charge is 0.481 e. The molecule has 0 fully saturated rings. The maximum Gasteiger partial charge on any atom is 0.428 e. The topological polar surface area (TPSA) is 141 Å². The van der Waals surface area contributed by atoms with Crippen molar-refractivity contribution in [1.29, 1.82) is 0 Å². The molecule has 34 heavy (non-hydrogen) atoms. The molecule has 0 radical (unpaired) electrons. The van der Waals surface area contributed by atoms with Crippen molar-refractivity contribution in [3.05, 3.63) is 76.9 Å². The summed E-state index contributed by atoms with van der Waals surface area (Å²) in [5.74, 6) is 1.06. The summed E-state index contributed by atoms with van der Waals surface area (Å²) >= 11 is 0. The Morgan fingerprint density at radius 2 is 1.97 bits per heavy atom. The monoisotopic (exact) mass is 459 g/mol. The number of aliphatic hydroxyl groups excluding tert-OH is 1. The Bertz CT molecular complexity index is 1530. The maximum absolute atomic E-state index is 13.3. The van der Waals surface area contributed by atoms with E-state index in [1.165, 1.54) is 16.2 Å². The van der Waals surface area contributed by atoms with Crippen molar-refractivity contribution in [2.24, 2.45) is 7.05 Å². The van der Waals surface area contributed by atoms with Gasteiger partial charge in [-0.1, -0.05) is 30.3 Å². The molecule has 11 nitrogen and oxygen atoms in total. The standard InChI is InChI=1S/C23H22N8O3/c1-29-9-8-25-17(29)12-30-23(33)31-21(28-30)19(15-10-16(13-32)26-18(11-15)34-2)20(27-22(31)24)14-6-4-3-5-7-14/h3-11,32H,12-13H2,1-2H3,(H2,24,26,27,28)/p+1. The Kier molecular flexibility index (Phi) is 5.30. The number of aromatic amines is 1. The van der Waals surface area contributed by atoms with Crippen LogP contribution in [0, 0.1) is 0 Å². The van der Waals surface area contributed by atoms with Crippen LogP contribution in [0.4, 0.5) is 5.95 Å². The molecule has 5 rings (SSSR count). The van der Waals surface area contributed by atoms with Crippen molar-refractivity contribution in [1.82, 2.24) is 29.3 Å². The minimum Gasteiger partial charge on any atom is -0.481 e. The number of aliphatic hydroxyl groups is 1. The number of ether oxygens (including phenoxy) is 1. The predicted molar refractivity (Wildman–Crippen MR) is 124 cm³/mol. The van der Waals surface area contributed by atoms with Crippen molar-refractivity contribution in [3.63, 3.8) is 0 Å². The fourth-order valence-corrected chi connectivity index (χ4v) is 3.92. The summed E-state index contributed by atoms with van der Waals surface area (Å²) in [5, 5.41) is 13.0. The van der Waals surface area contributed by atoms with E-state index in [2.05, 4.69) is 20.1 Å². The number of hydrogen-bond donors (Lipinski definition) is 3. The van der Waals surface area contributed by atoms with Crippen molar-refractivity contribution < 1.29 is 14.2 Å². The van der Waals surface area contributed by atoms with E-state index in [0.29, 0.717) is 39.9 Å². The van der Waals surface area contributed by atoms with Gasteiger partial charge in [0.1, 0.15) is 18.1 Å². The average molecular weight is 459 g/mol. The molecule has 0 aliphatic carbocycles. The summed E-state index contributed by atoms with van der Waals surface area (Å²) in [6.45, 7) is -0.0641. The molecular weight excluding hydrogens is 436 g/mol. The van der Waals surface area contributed by atoms with Crippen LogP contribution in [-0.2, 0) is 20.2 Å². The molecule has 0 aliphatic rings. The molecular formula is C23H23N8O3+. The highest BCUT2D eigenvalue weighted by Crippen LogP contribution is 2.34. The Labute approximate surface area is 193 Å². The molecule has 0 saturated carbocycles. The van der Waals surface area contributed by atoms with Gasteiger partial charge in [-0.2, -0.15) is 4.68 Å². The van der Waals surface area contributed by atoms with Gasteiger partial charge in [0.25, 0.3) is 0 Å². The number of nitrogen functional groups attached to an aromatic ring is 1. The van der Waals surface area contributed by atoms with Crippen LogP contribution in [-0.4, -0.2) is 41.5 Å². The van der Waals surface area contributed by atoms with Gasteiger partial charge in [0, 0.05) is 31.1 Å². The number of nitrogens with one attached hydrogen (secondary N) is 1. The summed E-state index contributed by atoms with van der Waals surface area (Å²) in [7, 11) is 3.36. The Balaban J connectivity index is 1.84. The van der Waals surface area contributed by atoms with Crippen LogP contribution in [0.3, 0.4) is 0 Å². The lowest BCUT2D eigenvalue weighted by Crippen LogP contribution is -2.44. The Morgan fingerprint density at radius 3 is 2.65 bits per heavy atom. The summed E-state index contributed by atoms with van der Waals surface area (Å²) in [6.07, 6.45) is 3.48. The van der Waals surface area contributed by atoms with E-state index in [9.17, 15) is 9.90 Å². The van der Waals surface area contributed by atoms with Crippen molar-refractivity contribution in [3.8, 4) is 28.3 Å². The molecule has 11 heteroatoms. The first-order valence-corrected chi connectivity index (χ1v) is 10.5. The zero-order chi connectivity index (χ0) is 23.8. The van der Waals surface area contributed by atoms with Gasteiger partial charge in [-0.3, -0.25) is 0 Å². The van der Waals surface area contributed by atoms with Gasteiger partial charge < -0.3 is 20.1 Å². The number of aromatic nitrogens is 7. The molecule has 0 amide bonds. The third kappa shape index (κ3) is 3.57. The van der Waals surface area contributed by atoms with E-state index in [1.54, 1.807) is 18.3 Å². The van der Waals surface area contributed by atoms with Crippen LogP contribution in [0.5, 0.6) is 5.88 Å². The number of nitrogens with zero attached hydrogens (tertiary/aromatic N) is 6. The SMILES string of the molecule is COc1cc(-c2c(-c3ccccc3)nc(N)[n+]3c(=O)n(Cc4nccn4C)[nH]c23)cc(CO)n1. The van der Waals surface area contributed by atoms with Gasteiger partial charge in [0.15, 0.2) is 0 Å². The van der Waals surface area contributed by atoms with Crippen LogP contribution >= 0.6 is 0 Å². The van der Waals surface area contributed by atoms with E-state index in [-0.39, 0.29) is 24.8 Å². The van der Waals surface area contributed by atoms with Gasteiger partial charge in [-0.15, -0.1) is 9.38 Å². The van der Waals surface area contributed by atoms with E-state index >= 15 is 0 Å². The van der Waals surface area contributed by atoms with E-state index in [4.69, 9.17) is 10.5 Å². The van der Waals surface area contributed by atoms with Crippen LogP contribution in [0.25, 0.3) is 28.0 Å². The number of H-pyrrole nitrogens is 1. The number of fused-ring (bicyclic) bond motifs is 1. The number of rotatable bonds is 6. The van der Waals surface area contributed by atoms with Crippen LogP contribution in [0.1, 0.15) is 11.5 Å². The smallest absolute Gasteiger partial charge is 0.428 e. The van der Waals surface area contributed by atoms with Crippen molar-refractivity contribution in [2.45, 2.75) is 13.2 Å². The third-order valence-corrected chi connectivity index (χ3v) is 5.60. The second kappa shape index (κ2) is 8.45. The second-order valence-electron chi connectivity index (χ2n) is 7.73. The number of aryl methyl sites for hydroxylation is 1. The number of hydrogen-bond acceptors (Lipinski definition) is 7. The summed E-state index contributed by atoms with van der Waals surface area (Å²) < 4.78 is 9.94. The van der Waals surface area contributed by atoms with Crippen LogP contribution in [0.2, 0.25) is 0 Å². The first kappa shape index (κ1) is 21.3. The van der Waals surface area contributed by atoms with Gasteiger partial charge >= 0.3 is 11.6 Å². The lowest BCUT2D eigenvalue weighted by Gasteiger charge is -2.11. The zero-order valence-corrected chi connectivity index (χ0v) is 18.6. The van der Waals surface area contributed by atoms with Gasteiger partial charge in [-0.05, 0) is 11.6 Å². The molecule has 5 aromatic rings. The zero-order valence-electron chi connectivity index (χ0n) is 18.6. The molecule has 4 heterocycles. The normalized spacial score (nSPS) is 11.3. The summed E-state index contributed by atoms with van der Waals surface area (Å²) in [4.78, 5) is 26.5. The molecule has 172 valence electrons. The molecule has 0 saturated heterocycles. The fourth-order valence-electron chi connectivity index (χ4n) is 3.92. The summed E-state index contributed by atoms with van der Waals surface area (Å²) in [5.41, 5.74) is 9.43. The number of anilines is 1. The summed E-state index contributed by atoms with van der Waals surface area (Å²) in [6, 6.07) is 13.0. The first-order valence-electron chi connectivity index (χ1n) is 10.5. The lowest BCUT2D eigenvalue weighted by molar-refractivity contribution is -0.516. The highest BCUT2D eigenvalue weighted by Gasteiger charge is 2.27. The van der Waals surface area contributed by atoms with Crippen LogP contribution in [0.15, 0.2) is 59.7 Å². The van der Waals surface area contributed by atoms with Gasteiger partial charge in [0.2, 0.25) is 11.5 Å². The predicted octanol–water partition coefficient (Wildman–Crippen LogP) is 0.904. The molecule has 0 bridgehead atoms. The van der Waals surface area contributed by atoms with Crippen molar-refractivity contribution in [2.75, 3.05) is 12.8 Å². The Morgan fingerprint density at radius 1 is 1.18 bits per heavy atom. The highest BCUT2D eigenvalue weighted by molar-refractivity contribution is 5.88. The quantitative estimate of drug-likeness (QED) is 0.320. The molecule has 1 aromatic carbocycles. The number of benzene rings is 1. The average Bonchev–Trinajstić information content (AvgIpc) is 3.41. The van der Waals surface area contributed by atoms with Crippen molar-refractivity contribution >= 4 is 11.6 Å². The number of pyridine rings is 1. The van der Waals surface area contributed by atoms with E-state index in [0.717, 1.165) is 5.56 Å². The number of methoxy groups -OCH3 is 1. The minimum atomic E-state index is -0.382.